The van der Waals surface area contributed by atoms with Crippen molar-refractivity contribution in [3.8, 4) is 77.8 Å². The molecule has 9 nitrogen and oxygen atoms in total. The Morgan fingerprint density at radius 1 is 0.535 bits per heavy atom. The molecule has 0 amide bonds. The van der Waals surface area contributed by atoms with Crippen LogP contribution in [-0.4, -0.2) is 55.5 Å². The molecular formula is C33H13N9Na. The molecule has 1 aliphatic heterocycles. The van der Waals surface area contributed by atoms with Crippen molar-refractivity contribution in [2.75, 3.05) is 0 Å². The summed E-state index contributed by atoms with van der Waals surface area (Å²) >= 11 is 0. The second-order valence-electron chi connectivity index (χ2n) is 7.56. The summed E-state index contributed by atoms with van der Waals surface area (Å²) in [7, 11) is 0. The predicted octanol–water partition coefficient (Wildman–Crippen LogP) is 2.75. The molecule has 1 atom stereocenters. The minimum absolute atomic E-state index is 0. The smallest absolute Gasteiger partial charge is 0.186 e. The van der Waals surface area contributed by atoms with E-state index in [9.17, 15) is 26.3 Å². The number of rotatable bonds is 0. The van der Waals surface area contributed by atoms with Crippen molar-refractivity contribution in [1.29, 1.82) is 26.3 Å². The summed E-state index contributed by atoms with van der Waals surface area (Å²) in [5.41, 5.74) is 1.68. The Bertz CT molecular complexity index is 1950. The fraction of sp³-hybridized carbons (Fsp3) is 0.0303. The molecule has 191 valence electrons. The van der Waals surface area contributed by atoms with Crippen molar-refractivity contribution in [2.45, 2.75) is 6.04 Å². The molecule has 0 N–H and O–H groups in total. The zero-order chi connectivity index (χ0) is 30.0. The number of nitriles is 5. The minimum atomic E-state index is -1.32. The van der Waals surface area contributed by atoms with Crippen molar-refractivity contribution in [1.82, 2.24) is 19.9 Å². The Labute approximate surface area is 271 Å². The number of aromatic nitrogens is 3. The summed E-state index contributed by atoms with van der Waals surface area (Å²) < 4.78 is 0. The van der Waals surface area contributed by atoms with Gasteiger partial charge in [0.05, 0.1) is 23.3 Å². The molecule has 1 unspecified atom stereocenters. The summed E-state index contributed by atoms with van der Waals surface area (Å²) in [4.78, 5) is 12.4. The van der Waals surface area contributed by atoms with E-state index in [1.807, 2.05) is 24.3 Å². The van der Waals surface area contributed by atoms with E-state index in [-0.39, 0.29) is 52.0 Å². The third kappa shape index (κ3) is 9.24. The molecule has 0 saturated heterocycles. The van der Waals surface area contributed by atoms with Gasteiger partial charge in [0, 0.05) is 83.4 Å². The van der Waals surface area contributed by atoms with E-state index >= 15 is 0 Å². The average molecular weight is 559 g/mol. The van der Waals surface area contributed by atoms with Gasteiger partial charge in [0.15, 0.2) is 12.2 Å². The number of hydrogen-bond acceptors (Lipinski definition) is 9. The third-order valence-electron chi connectivity index (χ3n) is 5.07. The van der Waals surface area contributed by atoms with E-state index in [2.05, 4.69) is 62.3 Å². The molecule has 0 fully saturated rings. The second-order valence-corrected chi connectivity index (χ2v) is 7.56. The molecule has 0 aliphatic carbocycles. The maximum atomic E-state index is 9.36. The molecule has 0 aromatic carbocycles. The maximum absolute atomic E-state index is 9.36. The van der Waals surface area contributed by atoms with Gasteiger partial charge < -0.3 is 0 Å². The molecule has 3 aromatic heterocycles. The number of pyridine rings is 3. The monoisotopic (exact) mass is 558 g/mol. The van der Waals surface area contributed by atoms with Crippen molar-refractivity contribution in [3.05, 3.63) is 113 Å². The molecule has 1 radical (unpaired) electrons. The normalized spacial score (nSPS) is 12.1. The van der Waals surface area contributed by atoms with Gasteiger partial charge in [-0.25, -0.2) is 4.90 Å². The Morgan fingerprint density at radius 2 is 0.953 bits per heavy atom. The quantitative estimate of drug-likeness (QED) is 0.229. The van der Waals surface area contributed by atoms with Gasteiger partial charge in [0.2, 0.25) is 0 Å². The van der Waals surface area contributed by atoms with E-state index in [1.54, 1.807) is 79.8 Å². The van der Waals surface area contributed by atoms with E-state index in [1.165, 1.54) is 0 Å². The van der Waals surface area contributed by atoms with E-state index < -0.39 is 6.04 Å². The van der Waals surface area contributed by atoms with Crippen LogP contribution >= 0.6 is 0 Å². The fourth-order valence-corrected chi connectivity index (χ4v) is 3.17. The predicted molar refractivity (Wildman–Crippen MR) is 155 cm³/mol. The summed E-state index contributed by atoms with van der Waals surface area (Å²) in [5, 5.41) is 46.4. The average Bonchev–Trinajstić information content (AvgIpc) is 3.05. The molecule has 4 heterocycles. The van der Waals surface area contributed by atoms with Crippen LogP contribution < -0.4 is 0 Å². The van der Waals surface area contributed by atoms with E-state index in [0.29, 0.717) is 5.56 Å². The molecule has 4 rings (SSSR count). The Balaban J connectivity index is 0.000000325. The SMILES string of the molecule is C(C#Cc1ccncc1)#Cc1ccncc1.N#CC1=C(C#N)N(C#N)C(C#N)C(C#N)=C1C#CC#Cc1ccncc1.[Na]. The van der Waals surface area contributed by atoms with Crippen LogP contribution in [0.15, 0.2) is 96.0 Å². The first-order valence-corrected chi connectivity index (χ1v) is 11.7. The van der Waals surface area contributed by atoms with Gasteiger partial charge in [0.1, 0.15) is 23.4 Å². The number of allylic oxidation sites excluding steroid dienone is 3. The molecule has 3 aromatic rings. The molecule has 0 saturated carbocycles. The number of nitrogens with zero attached hydrogens (tertiary/aromatic N) is 9. The van der Waals surface area contributed by atoms with Crippen LogP contribution in [0.1, 0.15) is 16.7 Å². The summed E-state index contributed by atoms with van der Waals surface area (Å²) in [6.45, 7) is 0. The van der Waals surface area contributed by atoms with Crippen LogP contribution in [0.4, 0.5) is 0 Å². The zero-order valence-corrected chi connectivity index (χ0v) is 24.5. The van der Waals surface area contributed by atoms with Crippen LogP contribution in [0.2, 0.25) is 0 Å². The Kier molecular flexibility index (Phi) is 13.6. The van der Waals surface area contributed by atoms with E-state index in [4.69, 9.17) is 0 Å². The molecule has 0 bridgehead atoms. The second kappa shape index (κ2) is 17.9. The zero-order valence-electron chi connectivity index (χ0n) is 22.5. The topological polar surface area (TPSA) is 161 Å². The molecule has 10 heteroatoms. The van der Waals surface area contributed by atoms with Crippen molar-refractivity contribution in [3.63, 3.8) is 0 Å². The summed E-state index contributed by atoms with van der Waals surface area (Å²) in [5.74, 6) is 21.9. The molecule has 43 heavy (non-hydrogen) atoms. The summed E-state index contributed by atoms with van der Waals surface area (Å²) in [6.07, 6.45) is 11.6. The first-order valence-electron chi connectivity index (χ1n) is 11.7. The number of hydrogen-bond donors (Lipinski definition) is 0. The minimum Gasteiger partial charge on any atom is -0.265 e. The first-order chi connectivity index (χ1) is 20.7. The van der Waals surface area contributed by atoms with Gasteiger partial charge in [-0.15, -0.1) is 0 Å². The van der Waals surface area contributed by atoms with Gasteiger partial charge in [-0.2, -0.15) is 26.3 Å². The first kappa shape index (κ1) is 32.6. The van der Waals surface area contributed by atoms with Gasteiger partial charge >= 0.3 is 0 Å². The Hall–Kier alpha value is -6.58. The summed E-state index contributed by atoms with van der Waals surface area (Å²) in [6, 6.07) is 16.5. The largest absolute Gasteiger partial charge is 0.265 e. The molecule has 0 spiro atoms. The Morgan fingerprint density at radius 3 is 1.28 bits per heavy atom. The van der Waals surface area contributed by atoms with Crippen LogP contribution in [0, 0.1) is 104 Å². The van der Waals surface area contributed by atoms with Crippen LogP contribution in [-0.2, 0) is 0 Å². The standard InChI is InChI=1S/C19H5N7.C14H8N2.Na/c20-9-16-15(4-2-1-3-14-5-7-25-8-6-14)17(10-21)19(12-23)26(13-24)18(16)11-22;1(3-13-5-9-15-10-6-13)2-4-14-7-11-16-12-8-14;/h5-8,18H;5-12H;. The van der Waals surface area contributed by atoms with Gasteiger partial charge in [0.25, 0.3) is 0 Å². The van der Waals surface area contributed by atoms with Crippen molar-refractivity contribution < 1.29 is 0 Å². The maximum Gasteiger partial charge on any atom is 0.186 e. The van der Waals surface area contributed by atoms with Crippen LogP contribution in [0.3, 0.4) is 0 Å². The van der Waals surface area contributed by atoms with Gasteiger partial charge in [-0.1, -0.05) is 23.7 Å². The van der Waals surface area contributed by atoms with Gasteiger partial charge in [-0.05, 0) is 60.1 Å². The van der Waals surface area contributed by atoms with Gasteiger partial charge in [-0.3, -0.25) is 15.0 Å². The van der Waals surface area contributed by atoms with Crippen LogP contribution in [0.25, 0.3) is 0 Å². The van der Waals surface area contributed by atoms with Crippen LogP contribution in [0.5, 0.6) is 0 Å². The molecule has 1 aliphatic rings. The third-order valence-corrected chi connectivity index (χ3v) is 5.07. The fourth-order valence-electron chi connectivity index (χ4n) is 3.17. The van der Waals surface area contributed by atoms with Crippen molar-refractivity contribution >= 4 is 29.6 Å². The van der Waals surface area contributed by atoms with E-state index in [0.717, 1.165) is 16.0 Å². The van der Waals surface area contributed by atoms with Crippen molar-refractivity contribution in [2.24, 2.45) is 0 Å². The molecular weight excluding hydrogens is 545 g/mol.